The normalized spacial score (nSPS) is 24.6. The largest absolute Gasteiger partial charge is 0.480 e. The highest BCUT2D eigenvalue weighted by molar-refractivity contribution is 5.74. The smallest absolute Gasteiger partial charge is 0.321 e. The van der Waals surface area contributed by atoms with Crippen molar-refractivity contribution in [2.24, 2.45) is 0 Å². The van der Waals surface area contributed by atoms with Crippen LogP contribution in [0.2, 0.25) is 0 Å². The lowest BCUT2D eigenvalue weighted by Gasteiger charge is -2.30. The molecule has 0 spiro atoms. The van der Waals surface area contributed by atoms with Gasteiger partial charge in [-0.25, -0.2) is 0 Å². The molecule has 1 heterocycles. The van der Waals surface area contributed by atoms with Crippen LogP contribution in [0.15, 0.2) is 24.3 Å². The van der Waals surface area contributed by atoms with Gasteiger partial charge in [0, 0.05) is 6.04 Å². The average molecular weight is 205 g/mol. The molecule has 3 nitrogen and oxygen atoms in total. The molecule has 0 amide bonds. The second-order valence-corrected chi connectivity index (χ2v) is 3.92. The van der Waals surface area contributed by atoms with Crippen molar-refractivity contribution in [3.05, 3.63) is 35.4 Å². The Hall–Kier alpha value is -1.35. The highest BCUT2D eigenvalue weighted by atomic mass is 16.4. The number of carboxylic acid groups (broad SMARTS) is 1. The predicted octanol–water partition coefficient (Wildman–Crippen LogP) is 1.74. The Morgan fingerprint density at radius 3 is 2.93 bits per heavy atom. The Labute approximate surface area is 89.1 Å². The summed E-state index contributed by atoms with van der Waals surface area (Å²) in [5, 5.41) is 12.2. The van der Waals surface area contributed by atoms with Gasteiger partial charge in [-0.05, 0) is 24.0 Å². The van der Waals surface area contributed by atoms with Crippen LogP contribution in [0.1, 0.15) is 30.5 Å². The SMILES string of the molecule is CCC1NC(C(=O)O)Cc2ccccc21. The molecule has 2 N–H and O–H groups in total. The predicted molar refractivity (Wildman–Crippen MR) is 57.7 cm³/mol. The standard InChI is InChI=1S/C12H15NO2/c1-2-10-9-6-4-3-5-8(9)7-11(13-10)12(14)15/h3-6,10-11,13H,2,7H2,1H3,(H,14,15). The lowest BCUT2D eigenvalue weighted by atomic mass is 9.89. The van der Waals surface area contributed by atoms with Crippen LogP contribution in [0.25, 0.3) is 0 Å². The number of fused-ring (bicyclic) bond motifs is 1. The van der Waals surface area contributed by atoms with Gasteiger partial charge in [-0.15, -0.1) is 0 Å². The molecule has 3 heteroatoms. The fourth-order valence-electron chi connectivity index (χ4n) is 2.17. The maximum absolute atomic E-state index is 11.0. The molecule has 0 bridgehead atoms. The van der Waals surface area contributed by atoms with Crippen LogP contribution in [0.3, 0.4) is 0 Å². The Morgan fingerprint density at radius 2 is 2.27 bits per heavy atom. The molecule has 0 fully saturated rings. The summed E-state index contributed by atoms with van der Waals surface area (Å²) in [4.78, 5) is 11.0. The maximum atomic E-state index is 11.0. The van der Waals surface area contributed by atoms with E-state index in [9.17, 15) is 4.79 Å². The highest BCUT2D eigenvalue weighted by Gasteiger charge is 2.28. The molecule has 2 rings (SSSR count). The van der Waals surface area contributed by atoms with Crippen LogP contribution in [0, 0.1) is 0 Å². The Bertz CT molecular complexity index is 376. The van der Waals surface area contributed by atoms with Crippen molar-refractivity contribution < 1.29 is 9.90 Å². The molecule has 1 aliphatic heterocycles. The van der Waals surface area contributed by atoms with E-state index in [1.54, 1.807) is 0 Å². The summed E-state index contributed by atoms with van der Waals surface area (Å²) in [6.07, 6.45) is 1.50. The second kappa shape index (κ2) is 4.03. The zero-order valence-electron chi connectivity index (χ0n) is 8.73. The van der Waals surface area contributed by atoms with E-state index >= 15 is 0 Å². The fraction of sp³-hybridized carbons (Fsp3) is 0.417. The lowest BCUT2D eigenvalue weighted by molar-refractivity contribution is -0.139. The number of carbonyl (C=O) groups is 1. The first-order valence-electron chi connectivity index (χ1n) is 5.29. The van der Waals surface area contributed by atoms with Crippen LogP contribution in [-0.4, -0.2) is 17.1 Å². The van der Waals surface area contributed by atoms with Gasteiger partial charge in [0.25, 0.3) is 0 Å². The lowest BCUT2D eigenvalue weighted by Crippen LogP contribution is -2.44. The van der Waals surface area contributed by atoms with E-state index < -0.39 is 12.0 Å². The van der Waals surface area contributed by atoms with Crippen molar-refractivity contribution >= 4 is 5.97 Å². The van der Waals surface area contributed by atoms with Gasteiger partial charge in [-0.1, -0.05) is 31.2 Å². The second-order valence-electron chi connectivity index (χ2n) is 3.92. The monoisotopic (exact) mass is 205 g/mol. The number of hydrogen-bond donors (Lipinski definition) is 2. The zero-order valence-corrected chi connectivity index (χ0v) is 8.73. The summed E-state index contributed by atoms with van der Waals surface area (Å²) >= 11 is 0. The van der Waals surface area contributed by atoms with Crippen molar-refractivity contribution in [3.8, 4) is 0 Å². The first kappa shape index (κ1) is 10.2. The molecule has 0 saturated carbocycles. The highest BCUT2D eigenvalue weighted by Crippen LogP contribution is 2.27. The summed E-state index contributed by atoms with van der Waals surface area (Å²) in [5.74, 6) is -0.761. The number of carboxylic acids is 1. The molecule has 0 saturated heterocycles. The summed E-state index contributed by atoms with van der Waals surface area (Å²) in [6.45, 7) is 2.07. The van der Waals surface area contributed by atoms with E-state index in [1.807, 2.05) is 18.2 Å². The van der Waals surface area contributed by atoms with E-state index in [1.165, 1.54) is 5.56 Å². The molecule has 1 aliphatic rings. The first-order valence-corrected chi connectivity index (χ1v) is 5.29. The number of benzene rings is 1. The van der Waals surface area contributed by atoms with Crippen LogP contribution in [0.4, 0.5) is 0 Å². The summed E-state index contributed by atoms with van der Waals surface area (Å²) in [7, 11) is 0. The molecular formula is C12H15NO2. The molecule has 80 valence electrons. The molecule has 1 aromatic carbocycles. The summed E-state index contributed by atoms with van der Waals surface area (Å²) < 4.78 is 0. The third kappa shape index (κ3) is 1.88. The van der Waals surface area contributed by atoms with E-state index in [0.717, 1.165) is 12.0 Å². The quantitative estimate of drug-likeness (QED) is 0.773. The van der Waals surface area contributed by atoms with Crippen molar-refractivity contribution in [1.29, 1.82) is 0 Å². The van der Waals surface area contributed by atoms with Crippen molar-refractivity contribution in [2.45, 2.75) is 31.8 Å². The van der Waals surface area contributed by atoms with Gasteiger partial charge >= 0.3 is 5.97 Å². The van der Waals surface area contributed by atoms with E-state index in [-0.39, 0.29) is 6.04 Å². The van der Waals surface area contributed by atoms with E-state index in [2.05, 4.69) is 18.3 Å². The Morgan fingerprint density at radius 1 is 1.53 bits per heavy atom. The minimum absolute atomic E-state index is 0.177. The number of hydrogen-bond acceptors (Lipinski definition) is 2. The average Bonchev–Trinajstić information content (AvgIpc) is 2.27. The molecule has 0 radical (unpaired) electrons. The summed E-state index contributed by atoms with van der Waals surface area (Å²) in [5.41, 5.74) is 2.41. The van der Waals surface area contributed by atoms with Crippen molar-refractivity contribution in [1.82, 2.24) is 5.32 Å². The molecule has 1 aromatic rings. The minimum Gasteiger partial charge on any atom is -0.480 e. The van der Waals surface area contributed by atoms with Gasteiger partial charge in [0.15, 0.2) is 0 Å². The summed E-state index contributed by atoms with van der Waals surface area (Å²) in [6, 6.07) is 7.81. The molecule has 0 aromatic heterocycles. The van der Waals surface area contributed by atoms with Gasteiger partial charge in [0.1, 0.15) is 6.04 Å². The number of nitrogens with one attached hydrogen (secondary N) is 1. The number of rotatable bonds is 2. The number of aliphatic carboxylic acids is 1. The van der Waals surface area contributed by atoms with Crippen LogP contribution in [-0.2, 0) is 11.2 Å². The topological polar surface area (TPSA) is 49.3 Å². The molecular weight excluding hydrogens is 190 g/mol. The van der Waals surface area contributed by atoms with Crippen molar-refractivity contribution in [2.75, 3.05) is 0 Å². The minimum atomic E-state index is -0.761. The Kier molecular flexibility index (Phi) is 2.73. The van der Waals surface area contributed by atoms with Gasteiger partial charge in [-0.2, -0.15) is 0 Å². The Balaban J connectivity index is 2.34. The maximum Gasteiger partial charge on any atom is 0.321 e. The van der Waals surface area contributed by atoms with Gasteiger partial charge < -0.3 is 5.11 Å². The molecule has 2 unspecified atom stereocenters. The third-order valence-electron chi connectivity index (χ3n) is 2.96. The van der Waals surface area contributed by atoms with Crippen LogP contribution in [0.5, 0.6) is 0 Å². The van der Waals surface area contributed by atoms with Crippen molar-refractivity contribution in [3.63, 3.8) is 0 Å². The van der Waals surface area contributed by atoms with E-state index in [4.69, 9.17) is 5.11 Å². The molecule has 15 heavy (non-hydrogen) atoms. The zero-order chi connectivity index (χ0) is 10.8. The van der Waals surface area contributed by atoms with Gasteiger partial charge in [0.05, 0.1) is 0 Å². The molecule has 2 atom stereocenters. The van der Waals surface area contributed by atoms with Gasteiger partial charge in [-0.3, -0.25) is 10.1 Å². The third-order valence-corrected chi connectivity index (χ3v) is 2.96. The fourth-order valence-corrected chi connectivity index (χ4v) is 2.17. The molecule has 0 aliphatic carbocycles. The van der Waals surface area contributed by atoms with E-state index in [0.29, 0.717) is 6.42 Å². The van der Waals surface area contributed by atoms with Crippen LogP contribution >= 0.6 is 0 Å². The van der Waals surface area contributed by atoms with Crippen LogP contribution < -0.4 is 5.32 Å². The first-order chi connectivity index (χ1) is 7.22. The van der Waals surface area contributed by atoms with Gasteiger partial charge in [0.2, 0.25) is 0 Å².